The van der Waals surface area contributed by atoms with Crippen LogP contribution < -0.4 is 10.6 Å². The summed E-state index contributed by atoms with van der Waals surface area (Å²) < 4.78 is 0. The number of rotatable bonds is 3. The van der Waals surface area contributed by atoms with E-state index in [2.05, 4.69) is 31.4 Å². The summed E-state index contributed by atoms with van der Waals surface area (Å²) in [5.74, 6) is -1.41. The third-order valence-electron chi connectivity index (χ3n) is 6.11. The van der Waals surface area contributed by atoms with Crippen molar-refractivity contribution in [2.24, 2.45) is 0 Å². The van der Waals surface area contributed by atoms with Crippen LogP contribution in [0, 0.1) is 0 Å². The number of carbonyl (C=O) groups excluding carboxylic acids is 4. The van der Waals surface area contributed by atoms with Gasteiger partial charge in [-0.05, 0) is 52.8 Å². The minimum atomic E-state index is -0.461. The molecule has 1 unspecified atom stereocenters. The van der Waals surface area contributed by atoms with Crippen LogP contribution in [0.2, 0.25) is 0 Å². The molecule has 7 heteroatoms. The van der Waals surface area contributed by atoms with Gasteiger partial charge in [0.1, 0.15) is 0 Å². The molecule has 2 aliphatic heterocycles. The molecular weight excluding hydrogens is 406 g/mol. The van der Waals surface area contributed by atoms with Gasteiger partial charge in [0, 0.05) is 30.6 Å². The molecular formula is C25H27N3O4. The maximum atomic E-state index is 12.7. The van der Waals surface area contributed by atoms with E-state index in [0.29, 0.717) is 37.1 Å². The van der Waals surface area contributed by atoms with Crippen LogP contribution in [0.1, 0.15) is 71.0 Å². The molecule has 1 atom stereocenters. The molecule has 2 aliphatic rings. The van der Waals surface area contributed by atoms with E-state index >= 15 is 0 Å². The SMILES string of the molecule is CC(C)(C)c1ccc(C(=O)NC(=O)c2ccc3c(c2)CN(C2CCC(=O)NC2=O)C3)cc1. The van der Waals surface area contributed by atoms with Crippen molar-refractivity contribution in [3.8, 4) is 0 Å². The Morgan fingerprint density at radius 1 is 0.938 bits per heavy atom. The van der Waals surface area contributed by atoms with Crippen molar-refractivity contribution in [1.29, 1.82) is 0 Å². The number of nitrogens with one attached hydrogen (secondary N) is 2. The van der Waals surface area contributed by atoms with Crippen LogP contribution in [0.3, 0.4) is 0 Å². The quantitative estimate of drug-likeness (QED) is 0.726. The van der Waals surface area contributed by atoms with E-state index in [0.717, 1.165) is 16.7 Å². The van der Waals surface area contributed by atoms with Crippen LogP contribution >= 0.6 is 0 Å². The Kier molecular flexibility index (Phi) is 5.69. The third kappa shape index (κ3) is 4.48. The zero-order valence-electron chi connectivity index (χ0n) is 18.5. The van der Waals surface area contributed by atoms with Crippen molar-refractivity contribution in [3.63, 3.8) is 0 Å². The summed E-state index contributed by atoms with van der Waals surface area (Å²) in [6.07, 6.45) is 0.824. The first kappa shape index (κ1) is 21.9. The first-order chi connectivity index (χ1) is 15.1. The Balaban J connectivity index is 1.42. The van der Waals surface area contributed by atoms with Crippen molar-refractivity contribution >= 4 is 23.6 Å². The van der Waals surface area contributed by atoms with E-state index < -0.39 is 11.8 Å². The molecule has 1 saturated heterocycles. The van der Waals surface area contributed by atoms with Crippen molar-refractivity contribution in [1.82, 2.24) is 15.5 Å². The number of benzene rings is 2. The average molecular weight is 434 g/mol. The van der Waals surface area contributed by atoms with Crippen LogP contribution in [0.15, 0.2) is 42.5 Å². The monoisotopic (exact) mass is 433 g/mol. The predicted octanol–water partition coefficient (Wildman–Crippen LogP) is 2.68. The van der Waals surface area contributed by atoms with E-state index in [1.54, 1.807) is 24.3 Å². The second-order valence-electron chi connectivity index (χ2n) is 9.47. The zero-order valence-corrected chi connectivity index (χ0v) is 18.5. The number of carbonyl (C=O) groups is 4. The van der Waals surface area contributed by atoms with Gasteiger partial charge in [0.15, 0.2) is 0 Å². The lowest BCUT2D eigenvalue weighted by atomic mass is 9.87. The molecule has 7 nitrogen and oxygen atoms in total. The van der Waals surface area contributed by atoms with Gasteiger partial charge >= 0.3 is 0 Å². The maximum Gasteiger partial charge on any atom is 0.258 e. The molecule has 2 heterocycles. The Bertz CT molecular complexity index is 1100. The lowest BCUT2D eigenvalue weighted by Gasteiger charge is -2.29. The molecule has 166 valence electrons. The summed E-state index contributed by atoms with van der Waals surface area (Å²) in [6, 6.07) is 12.2. The number of fused-ring (bicyclic) bond motifs is 1. The van der Waals surface area contributed by atoms with Gasteiger partial charge in [-0.2, -0.15) is 0 Å². The molecule has 0 aliphatic carbocycles. The highest BCUT2D eigenvalue weighted by atomic mass is 16.2. The normalized spacial score (nSPS) is 18.8. The number of piperidine rings is 1. The average Bonchev–Trinajstić information content (AvgIpc) is 3.16. The van der Waals surface area contributed by atoms with E-state index in [1.807, 2.05) is 23.1 Å². The lowest BCUT2D eigenvalue weighted by molar-refractivity contribution is -0.137. The Morgan fingerprint density at radius 2 is 1.56 bits per heavy atom. The van der Waals surface area contributed by atoms with E-state index in [1.165, 1.54) is 0 Å². The minimum Gasteiger partial charge on any atom is -0.295 e. The van der Waals surface area contributed by atoms with Gasteiger partial charge in [0.25, 0.3) is 11.8 Å². The van der Waals surface area contributed by atoms with Gasteiger partial charge in [0.05, 0.1) is 6.04 Å². The molecule has 0 aromatic heterocycles. The molecule has 4 amide bonds. The predicted molar refractivity (Wildman–Crippen MR) is 119 cm³/mol. The van der Waals surface area contributed by atoms with E-state index in [9.17, 15) is 19.2 Å². The summed E-state index contributed by atoms with van der Waals surface area (Å²) >= 11 is 0. The molecule has 32 heavy (non-hydrogen) atoms. The molecule has 0 saturated carbocycles. The highest BCUT2D eigenvalue weighted by Crippen LogP contribution is 2.28. The van der Waals surface area contributed by atoms with Crippen molar-refractivity contribution in [2.45, 2.75) is 58.2 Å². The number of hydrogen-bond acceptors (Lipinski definition) is 5. The van der Waals surface area contributed by atoms with Gasteiger partial charge in [0.2, 0.25) is 11.8 Å². The van der Waals surface area contributed by atoms with Gasteiger partial charge in [-0.25, -0.2) is 0 Å². The third-order valence-corrected chi connectivity index (χ3v) is 6.11. The van der Waals surface area contributed by atoms with Gasteiger partial charge in [-0.1, -0.05) is 39.0 Å². The smallest absolute Gasteiger partial charge is 0.258 e. The van der Waals surface area contributed by atoms with Crippen LogP contribution in [0.5, 0.6) is 0 Å². The first-order valence-electron chi connectivity index (χ1n) is 10.8. The maximum absolute atomic E-state index is 12.7. The van der Waals surface area contributed by atoms with Gasteiger partial charge in [-0.3, -0.25) is 34.7 Å². The fourth-order valence-electron chi connectivity index (χ4n) is 4.18. The minimum absolute atomic E-state index is 0.0169. The summed E-state index contributed by atoms with van der Waals surface area (Å²) in [4.78, 5) is 50.8. The topological polar surface area (TPSA) is 95.6 Å². The van der Waals surface area contributed by atoms with Crippen LogP contribution in [0.25, 0.3) is 0 Å². The number of hydrogen-bond donors (Lipinski definition) is 2. The summed E-state index contributed by atoms with van der Waals surface area (Å²) in [5.41, 5.74) is 3.90. The molecule has 2 aromatic carbocycles. The fraction of sp³-hybridized carbons (Fsp3) is 0.360. The largest absolute Gasteiger partial charge is 0.295 e. The summed E-state index contributed by atoms with van der Waals surface area (Å²) in [7, 11) is 0. The highest BCUT2D eigenvalue weighted by Gasteiger charge is 2.34. The Hall–Kier alpha value is -3.32. The fourth-order valence-corrected chi connectivity index (χ4v) is 4.18. The highest BCUT2D eigenvalue weighted by molar-refractivity contribution is 6.10. The molecule has 0 radical (unpaired) electrons. The van der Waals surface area contributed by atoms with Crippen molar-refractivity contribution in [3.05, 3.63) is 70.3 Å². The number of nitrogens with zero attached hydrogens (tertiary/aromatic N) is 1. The molecule has 4 rings (SSSR count). The summed E-state index contributed by atoms with van der Waals surface area (Å²) in [6.45, 7) is 7.40. The number of imide groups is 2. The molecule has 0 bridgehead atoms. The van der Waals surface area contributed by atoms with Crippen molar-refractivity contribution < 1.29 is 19.2 Å². The first-order valence-corrected chi connectivity index (χ1v) is 10.8. The van der Waals surface area contributed by atoms with Crippen molar-refractivity contribution in [2.75, 3.05) is 0 Å². The second kappa shape index (κ2) is 8.31. The Labute approximate surface area is 187 Å². The van der Waals surface area contributed by atoms with E-state index in [4.69, 9.17) is 0 Å². The van der Waals surface area contributed by atoms with Crippen LogP contribution in [-0.2, 0) is 28.1 Å². The zero-order chi connectivity index (χ0) is 23.0. The standard InChI is InChI=1S/C25H27N3O4/c1-25(2,3)19-8-6-15(7-9-19)22(30)27-23(31)16-4-5-17-13-28(14-18(17)12-16)20-10-11-21(29)26-24(20)32/h4-9,12,20H,10-11,13-14H2,1-3H3,(H,26,29,32)(H,27,30,31). The van der Waals surface area contributed by atoms with Crippen LogP contribution in [-0.4, -0.2) is 34.6 Å². The molecule has 2 aromatic rings. The molecule has 1 fully saturated rings. The van der Waals surface area contributed by atoms with Gasteiger partial charge < -0.3 is 0 Å². The lowest BCUT2D eigenvalue weighted by Crippen LogP contribution is -2.50. The Morgan fingerprint density at radius 3 is 2.22 bits per heavy atom. The number of amides is 4. The van der Waals surface area contributed by atoms with Gasteiger partial charge in [-0.15, -0.1) is 0 Å². The molecule has 0 spiro atoms. The summed E-state index contributed by atoms with van der Waals surface area (Å²) in [5, 5.41) is 4.85. The van der Waals surface area contributed by atoms with Crippen LogP contribution in [0.4, 0.5) is 0 Å². The second-order valence-corrected chi connectivity index (χ2v) is 9.47. The molecule has 2 N–H and O–H groups in total. The van der Waals surface area contributed by atoms with E-state index in [-0.39, 0.29) is 23.3 Å².